The highest BCUT2D eigenvalue weighted by molar-refractivity contribution is 6.32. The van der Waals surface area contributed by atoms with Gasteiger partial charge in [0.15, 0.2) is 23.3 Å². The molecule has 3 aliphatic rings. The molecule has 2 aromatic heterocycles. The standard InChI is InChI=1S/C27H28ClF3N6O3/c1-26(2,3)40-25(38)37-11-14-8-15(37)10-36(14)24-16(29)9-18-22(35-24)23(33-13-32-18)34-17-4-5-19(20(28)21(17)30)39-12-27(31)6-7-27/h4-5,9,13-15H,6-8,10-12H2,1-3H3,(H,32,33,34)/t14-,15-/m0/s1. The van der Waals surface area contributed by atoms with E-state index in [1.807, 2.05) is 25.7 Å². The first-order chi connectivity index (χ1) is 18.9. The molecule has 0 spiro atoms. The topological polar surface area (TPSA) is 92.7 Å². The Kier molecular flexibility index (Phi) is 6.36. The molecule has 40 heavy (non-hydrogen) atoms. The molecule has 9 nitrogen and oxygen atoms in total. The van der Waals surface area contributed by atoms with Gasteiger partial charge in [-0.15, -0.1) is 0 Å². The summed E-state index contributed by atoms with van der Waals surface area (Å²) in [6.07, 6.45) is 2.31. The Balaban J connectivity index is 1.24. The lowest BCUT2D eigenvalue weighted by Gasteiger charge is -2.35. The van der Waals surface area contributed by atoms with Crippen LogP contribution in [0.1, 0.15) is 40.0 Å². The molecule has 1 amide bonds. The smallest absolute Gasteiger partial charge is 0.410 e. The summed E-state index contributed by atoms with van der Waals surface area (Å²) < 4.78 is 55.2. The number of pyridine rings is 1. The maximum atomic E-state index is 15.2. The van der Waals surface area contributed by atoms with Gasteiger partial charge in [-0.25, -0.2) is 32.9 Å². The number of nitrogens with one attached hydrogen (secondary N) is 1. The van der Waals surface area contributed by atoms with Crippen molar-refractivity contribution in [1.82, 2.24) is 19.9 Å². The molecule has 3 fully saturated rings. The minimum Gasteiger partial charge on any atom is -0.489 e. The average Bonchev–Trinajstić information content (AvgIpc) is 3.29. The van der Waals surface area contributed by atoms with Crippen LogP contribution in [0.3, 0.4) is 0 Å². The van der Waals surface area contributed by atoms with Crippen LogP contribution in [0, 0.1) is 11.6 Å². The molecule has 2 saturated heterocycles. The molecule has 1 aromatic carbocycles. The minimum atomic E-state index is -1.38. The summed E-state index contributed by atoms with van der Waals surface area (Å²) in [5, 5.41) is 2.57. The van der Waals surface area contributed by atoms with Gasteiger partial charge in [0.05, 0.1) is 23.3 Å². The fourth-order valence-corrected chi connectivity index (χ4v) is 5.29. The molecule has 2 aliphatic heterocycles. The van der Waals surface area contributed by atoms with E-state index in [0.717, 1.165) is 0 Å². The molecule has 4 heterocycles. The van der Waals surface area contributed by atoms with Crippen molar-refractivity contribution in [2.75, 3.05) is 29.9 Å². The van der Waals surface area contributed by atoms with Crippen molar-refractivity contribution in [2.24, 2.45) is 0 Å². The monoisotopic (exact) mass is 576 g/mol. The van der Waals surface area contributed by atoms with Crippen molar-refractivity contribution in [3.05, 3.63) is 41.2 Å². The normalized spacial score (nSPS) is 21.2. The fraction of sp³-hybridized carbons (Fsp3) is 0.481. The molecule has 212 valence electrons. The third kappa shape index (κ3) is 5.04. The highest BCUT2D eigenvalue weighted by Crippen LogP contribution is 2.42. The number of carbonyl (C=O) groups is 1. The number of hydrogen-bond acceptors (Lipinski definition) is 8. The van der Waals surface area contributed by atoms with Gasteiger partial charge in [-0.2, -0.15) is 0 Å². The lowest BCUT2D eigenvalue weighted by molar-refractivity contribution is 0.0214. The summed E-state index contributed by atoms with van der Waals surface area (Å²) in [6, 6.07) is 3.83. The number of ether oxygens (including phenoxy) is 2. The number of carbonyl (C=O) groups excluding carboxylic acids is 1. The molecular formula is C27H28ClF3N6O3. The van der Waals surface area contributed by atoms with Crippen LogP contribution in [0.2, 0.25) is 5.02 Å². The van der Waals surface area contributed by atoms with Gasteiger partial charge in [-0.05, 0) is 52.2 Å². The first-order valence-corrected chi connectivity index (χ1v) is 13.4. The zero-order valence-corrected chi connectivity index (χ0v) is 22.9. The number of rotatable bonds is 6. The molecule has 0 unspecified atom stereocenters. The van der Waals surface area contributed by atoms with Crippen LogP contribution >= 0.6 is 11.6 Å². The van der Waals surface area contributed by atoms with E-state index in [1.165, 1.54) is 24.5 Å². The SMILES string of the molecule is CC(C)(C)OC(=O)N1C[C@@H]2C[C@H]1CN2c1nc2c(Nc3ccc(OCC4(F)CC4)c(Cl)c3F)ncnc2cc1F. The van der Waals surface area contributed by atoms with E-state index in [1.54, 1.807) is 4.90 Å². The predicted octanol–water partition coefficient (Wildman–Crippen LogP) is 5.78. The first-order valence-electron chi connectivity index (χ1n) is 13.0. The Hall–Kier alpha value is -3.54. The number of aromatic nitrogens is 3. The molecule has 3 aromatic rings. The van der Waals surface area contributed by atoms with Gasteiger partial charge in [0, 0.05) is 19.2 Å². The molecule has 1 aliphatic carbocycles. The summed E-state index contributed by atoms with van der Waals surface area (Å²) in [6.45, 7) is 6.02. The molecule has 1 saturated carbocycles. The number of nitrogens with zero attached hydrogens (tertiary/aromatic N) is 5. The van der Waals surface area contributed by atoms with Crippen LogP contribution in [0.4, 0.5) is 35.3 Å². The van der Waals surface area contributed by atoms with Crippen LogP contribution in [-0.4, -0.2) is 69.0 Å². The Morgan fingerprint density at radius 3 is 2.65 bits per heavy atom. The number of alkyl halides is 1. The number of halogens is 4. The van der Waals surface area contributed by atoms with E-state index < -0.39 is 22.9 Å². The lowest BCUT2D eigenvalue weighted by atomic mass is 10.2. The number of benzene rings is 1. The molecular weight excluding hydrogens is 549 g/mol. The second-order valence-corrected chi connectivity index (χ2v) is 11.9. The Bertz CT molecular complexity index is 1500. The molecule has 13 heteroatoms. The van der Waals surface area contributed by atoms with E-state index in [-0.39, 0.29) is 63.9 Å². The third-order valence-electron chi connectivity index (χ3n) is 7.26. The summed E-state index contributed by atoms with van der Waals surface area (Å²) in [7, 11) is 0. The van der Waals surface area contributed by atoms with Crippen molar-refractivity contribution in [2.45, 2.75) is 63.4 Å². The summed E-state index contributed by atoms with van der Waals surface area (Å²) in [5.41, 5.74) is -1.55. The largest absolute Gasteiger partial charge is 0.489 e. The van der Waals surface area contributed by atoms with E-state index in [4.69, 9.17) is 21.1 Å². The number of hydrogen-bond donors (Lipinski definition) is 1. The van der Waals surface area contributed by atoms with Gasteiger partial charge in [0.2, 0.25) is 0 Å². The highest BCUT2D eigenvalue weighted by Gasteiger charge is 2.48. The van der Waals surface area contributed by atoms with Crippen LogP contribution in [0.5, 0.6) is 5.75 Å². The number of piperazine rings is 1. The maximum absolute atomic E-state index is 15.2. The van der Waals surface area contributed by atoms with Crippen molar-refractivity contribution in [3.63, 3.8) is 0 Å². The van der Waals surface area contributed by atoms with Crippen molar-refractivity contribution in [3.8, 4) is 5.75 Å². The Morgan fingerprint density at radius 2 is 1.98 bits per heavy atom. The average molecular weight is 577 g/mol. The first kappa shape index (κ1) is 26.7. The molecule has 2 atom stereocenters. The Labute approximate surface area is 233 Å². The molecule has 2 bridgehead atoms. The second kappa shape index (κ2) is 9.53. The predicted molar refractivity (Wildman–Crippen MR) is 143 cm³/mol. The van der Waals surface area contributed by atoms with E-state index >= 15 is 8.78 Å². The van der Waals surface area contributed by atoms with Crippen LogP contribution in [0.15, 0.2) is 24.5 Å². The summed E-state index contributed by atoms with van der Waals surface area (Å²) in [5.74, 6) is -1.09. The quantitative estimate of drug-likeness (QED) is 0.395. The van der Waals surface area contributed by atoms with Crippen LogP contribution in [0.25, 0.3) is 11.0 Å². The van der Waals surface area contributed by atoms with E-state index in [2.05, 4.69) is 20.3 Å². The maximum Gasteiger partial charge on any atom is 0.410 e. The van der Waals surface area contributed by atoms with Crippen molar-refractivity contribution >= 4 is 46.1 Å². The molecule has 1 N–H and O–H groups in total. The van der Waals surface area contributed by atoms with E-state index in [9.17, 15) is 9.18 Å². The van der Waals surface area contributed by atoms with Crippen LogP contribution in [-0.2, 0) is 4.74 Å². The van der Waals surface area contributed by atoms with Crippen LogP contribution < -0.4 is 15.0 Å². The molecule has 6 rings (SSSR count). The number of likely N-dealkylation sites (tertiary alicyclic amines) is 1. The van der Waals surface area contributed by atoms with Gasteiger partial charge >= 0.3 is 6.09 Å². The Morgan fingerprint density at radius 1 is 1.20 bits per heavy atom. The zero-order valence-electron chi connectivity index (χ0n) is 22.2. The zero-order chi connectivity index (χ0) is 28.4. The second-order valence-electron chi connectivity index (χ2n) is 11.5. The fourth-order valence-electron chi connectivity index (χ4n) is 5.07. The highest BCUT2D eigenvalue weighted by atomic mass is 35.5. The number of fused-ring (bicyclic) bond motifs is 3. The number of amides is 1. The van der Waals surface area contributed by atoms with Gasteiger partial charge in [0.1, 0.15) is 40.5 Å². The third-order valence-corrected chi connectivity index (χ3v) is 7.62. The van der Waals surface area contributed by atoms with Crippen molar-refractivity contribution in [1.29, 1.82) is 0 Å². The van der Waals surface area contributed by atoms with Gasteiger partial charge in [-0.3, -0.25) is 0 Å². The summed E-state index contributed by atoms with van der Waals surface area (Å²) >= 11 is 6.17. The van der Waals surface area contributed by atoms with Gasteiger partial charge in [-0.1, -0.05) is 11.6 Å². The lowest BCUT2D eigenvalue weighted by Crippen LogP contribution is -2.50. The van der Waals surface area contributed by atoms with Gasteiger partial charge in [0.25, 0.3) is 0 Å². The molecule has 0 radical (unpaired) electrons. The number of anilines is 3. The minimum absolute atomic E-state index is 0.0142. The summed E-state index contributed by atoms with van der Waals surface area (Å²) in [4.78, 5) is 29.0. The van der Waals surface area contributed by atoms with Gasteiger partial charge < -0.3 is 24.6 Å². The van der Waals surface area contributed by atoms with E-state index in [0.29, 0.717) is 32.4 Å². The van der Waals surface area contributed by atoms with Crippen molar-refractivity contribution < 1.29 is 27.4 Å².